The van der Waals surface area contributed by atoms with Crippen LogP contribution in [-0.4, -0.2) is 26.1 Å². The van der Waals surface area contributed by atoms with E-state index in [4.69, 9.17) is 11.6 Å². The van der Waals surface area contributed by atoms with E-state index in [-0.39, 0.29) is 5.91 Å². The van der Waals surface area contributed by atoms with Gasteiger partial charge in [-0.05, 0) is 40.6 Å². The fraction of sp³-hybridized carbons (Fsp3) is 0.158. The van der Waals surface area contributed by atoms with E-state index in [1.807, 2.05) is 49.4 Å². The summed E-state index contributed by atoms with van der Waals surface area (Å²) in [5.41, 5.74) is 3.17. The zero-order valence-corrected chi connectivity index (χ0v) is 15.3. The first-order valence-corrected chi connectivity index (χ1v) is 8.84. The van der Waals surface area contributed by atoms with E-state index >= 15 is 0 Å². The highest BCUT2D eigenvalue weighted by molar-refractivity contribution is 6.30. The van der Waals surface area contributed by atoms with Gasteiger partial charge in [0.1, 0.15) is 6.04 Å². The maximum atomic E-state index is 13.0. The van der Waals surface area contributed by atoms with Gasteiger partial charge in [-0.3, -0.25) is 4.79 Å². The van der Waals surface area contributed by atoms with Gasteiger partial charge < -0.3 is 10.6 Å². The summed E-state index contributed by atoms with van der Waals surface area (Å²) in [5, 5.41) is 18.5. The number of carbonyl (C=O) groups is 1. The lowest BCUT2D eigenvalue weighted by Gasteiger charge is -2.28. The Morgan fingerprint density at radius 2 is 1.93 bits per heavy atom. The summed E-state index contributed by atoms with van der Waals surface area (Å²) in [6.45, 7) is 2.28. The number of tetrazole rings is 1. The fourth-order valence-corrected chi connectivity index (χ4v) is 3.26. The molecular formula is C19H17ClN6O. The highest BCUT2D eigenvalue weighted by atomic mass is 35.5. The van der Waals surface area contributed by atoms with Gasteiger partial charge >= 0.3 is 0 Å². The minimum absolute atomic E-state index is 0.176. The van der Waals surface area contributed by atoms with Crippen LogP contribution in [0.25, 0.3) is 0 Å². The van der Waals surface area contributed by atoms with Crippen molar-refractivity contribution >= 4 is 23.5 Å². The van der Waals surface area contributed by atoms with Crippen molar-refractivity contribution in [3.8, 4) is 0 Å². The fourth-order valence-electron chi connectivity index (χ4n) is 3.13. The van der Waals surface area contributed by atoms with Crippen molar-refractivity contribution in [2.24, 2.45) is 0 Å². The van der Waals surface area contributed by atoms with Gasteiger partial charge in [-0.15, -0.1) is 0 Å². The number of amides is 1. The summed E-state index contributed by atoms with van der Waals surface area (Å²) >= 11 is 6.02. The lowest BCUT2D eigenvalue weighted by molar-refractivity contribution is -0.118. The third-order valence-corrected chi connectivity index (χ3v) is 4.69. The van der Waals surface area contributed by atoms with Gasteiger partial charge in [0.25, 0.3) is 5.91 Å². The van der Waals surface area contributed by atoms with Crippen molar-refractivity contribution < 1.29 is 4.79 Å². The number of rotatable bonds is 4. The van der Waals surface area contributed by atoms with Crippen LogP contribution in [0.4, 0.5) is 5.95 Å². The molecule has 0 saturated carbocycles. The molecule has 0 unspecified atom stereocenters. The third-order valence-electron chi connectivity index (χ3n) is 4.44. The number of aromatic nitrogens is 4. The molecule has 7 nitrogen and oxygen atoms in total. The summed E-state index contributed by atoms with van der Waals surface area (Å²) < 4.78 is 1.60. The van der Waals surface area contributed by atoms with Gasteiger partial charge in [-0.2, -0.15) is 4.68 Å². The Morgan fingerprint density at radius 1 is 1.19 bits per heavy atom. The SMILES string of the molecule is CC1=C(C(=O)NCc2ccccc2)[C@H](c2ccc(Cl)cc2)n2nnnc2N1. The zero-order chi connectivity index (χ0) is 18.8. The standard InChI is InChI=1S/C19H17ClN6O/c1-12-16(18(27)21-11-13-5-3-2-4-6-13)17(14-7-9-15(20)10-8-14)26-19(22-12)23-24-25-26/h2-10,17H,11H2,1H3,(H,21,27)(H,22,23,25)/t17-/m0/s1. The molecule has 1 amide bonds. The van der Waals surface area contributed by atoms with E-state index < -0.39 is 6.04 Å². The van der Waals surface area contributed by atoms with E-state index in [1.54, 1.807) is 16.8 Å². The first kappa shape index (κ1) is 17.2. The molecule has 8 heteroatoms. The van der Waals surface area contributed by atoms with E-state index in [2.05, 4.69) is 26.2 Å². The number of carbonyl (C=O) groups excluding carboxylic acids is 1. The second-order valence-electron chi connectivity index (χ2n) is 6.23. The Kier molecular flexibility index (Phi) is 4.60. The highest BCUT2D eigenvalue weighted by Crippen LogP contribution is 2.34. The molecule has 1 aliphatic heterocycles. The molecular weight excluding hydrogens is 364 g/mol. The van der Waals surface area contributed by atoms with Gasteiger partial charge in [-0.1, -0.05) is 59.2 Å². The Hall–Kier alpha value is -3.19. The van der Waals surface area contributed by atoms with Gasteiger partial charge in [0.05, 0.1) is 5.57 Å². The van der Waals surface area contributed by atoms with E-state index in [0.29, 0.717) is 28.8 Å². The van der Waals surface area contributed by atoms with E-state index in [1.165, 1.54) is 0 Å². The van der Waals surface area contributed by atoms with Crippen LogP contribution >= 0.6 is 11.6 Å². The van der Waals surface area contributed by atoms with Gasteiger partial charge in [0, 0.05) is 17.3 Å². The minimum atomic E-state index is -0.440. The first-order valence-electron chi connectivity index (χ1n) is 8.47. The maximum Gasteiger partial charge on any atom is 0.251 e. The van der Waals surface area contributed by atoms with Crippen LogP contribution in [0.1, 0.15) is 24.1 Å². The summed E-state index contributed by atoms with van der Waals surface area (Å²) in [6.07, 6.45) is 0. The second-order valence-corrected chi connectivity index (χ2v) is 6.67. The molecule has 1 aromatic heterocycles. The summed E-state index contributed by atoms with van der Waals surface area (Å²) in [4.78, 5) is 13.0. The lowest BCUT2D eigenvalue weighted by Crippen LogP contribution is -2.34. The molecule has 4 rings (SSSR count). The molecule has 0 fully saturated rings. The molecule has 0 spiro atoms. The van der Waals surface area contributed by atoms with Crippen LogP contribution < -0.4 is 10.6 Å². The molecule has 0 saturated heterocycles. The number of fused-ring (bicyclic) bond motifs is 1. The number of hydrogen-bond donors (Lipinski definition) is 2. The van der Waals surface area contributed by atoms with Crippen molar-refractivity contribution in [2.75, 3.05) is 5.32 Å². The molecule has 0 aliphatic carbocycles. The molecule has 2 heterocycles. The topological polar surface area (TPSA) is 84.7 Å². The van der Waals surface area contributed by atoms with Crippen LogP contribution in [0.15, 0.2) is 65.9 Å². The molecule has 1 aliphatic rings. The van der Waals surface area contributed by atoms with Gasteiger partial charge in [0.15, 0.2) is 0 Å². The number of allylic oxidation sites excluding steroid dienone is 1. The Labute approximate surface area is 161 Å². The normalized spacial score (nSPS) is 15.9. The Balaban J connectivity index is 1.67. The van der Waals surface area contributed by atoms with Crippen molar-refractivity contribution in [1.82, 2.24) is 25.5 Å². The average Bonchev–Trinajstić information content (AvgIpc) is 3.14. The Morgan fingerprint density at radius 3 is 2.67 bits per heavy atom. The van der Waals surface area contributed by atoms with Crippen LogP contribution in [0.2, 0.25) is 5.02 Å². The predicted octanol–water partition coefficient (Wildman–Crippen LogP) is 2.93. The lowest BCUT2D eigenvalue weighted by atomic mass is 9.95. The second kappa shape index (κ2) is 7.20. The van der Waals surface area contributed by atoms with Gasteiger partial charge in [-0.25, -0.2) is 0 Å². The molecule has 136 valence electrons. The molecule has 1 atom stereocenters. The van der Waals surface area contributed by atoms with Gasteiger partial charge in [0.2, 0.25) is 5.95 Å². The largest absolute Gasteiger partial charge is 0.348 e. The number of hydrogen-bond acceptors (Lipinski definition) is 5. The van der Waals surface area contributed by atoms with E-state index in [0.717, 1.165) is 11.1 Å². The highest BCUT2D eigenvalue weighted by Gasteiger charge is 2.33. The number of nitrogens with one attached hydrogen (secondary N) is 2. The molecule has 2 N–H and O–H groups in total. The molecule has 3 aromatic rings. The van der Waals surface area contributed by atoms with Crippen molar-refractivity contribution in [1.29, 1.82) is 0 Å². The first-order chi connectivity index (χ1) is 13.1. The third kappa shape index (κ3) is 3.41. The summed E-state index contributed by atoms with van der Waals surface area (Å²) in [6, 6.07) is 16.7. The average molecular weight is 381 g/mol. The maximum absolute atomic E-state index is 13.0. The summed E-state index contributed by atoms with van der Waals surface area (Å²) in [7, 11) is 0. The van der Waals surface area contributed by atoms with Crippen LogP contribution in [0, 0.1) is 0 Å². The number of anilines is 1. The quantitative estimate of drug-likeness (QED) is 0.727. The van der Waals surface area contributed by atoms with Crippen LogP contribution in [0.5, 0.6) is 0 Å². The number of benzene rings is 2. The minimum Gasteiger partial charge on any atom is -0.348 e. The zero-order valence-electron chi connectivity index (χ0n) is 14.6. The molecule has 0 bridgehead atoms. The number of halogens is 1. The summed E-state index contributed by atoms with van der Waals surface area (Å²) in [5.74, 6) is 0.317. The molecule has 27 heavy (non-hydrogen) atoms. The van der Waals surface area contributed by atoms with Crippen LogP contribution in [-0.2, 0) is 11.3 Å². The molecule has 0 radical (unpaired) electrons. The van der Waals surface area contributed by atoms with Crippen molar-refractivity contribution in [2.45, 2.75) is 19.5 Å². The molecule has 2 aromatic carbocycles. The number of nitrogens with zero attached hydrogens (tertiary/aromatic N) is 4. The predicted molar refractivity (Wildman–Crippen MR) is 102 cm³/mol. The Bertz CT molecular complexity index is 997. The van der Waals surface area contributed by atoms with E-state index in [9.17, 15) is 4.79 Å². The van der Waals surface area contributed by atoms with Crippen molar-refractivity contribution in [3.63, 3.8) is 0 Å². The van der Waals surface area contributed by atoms with Crippen molar-refractivity contribution in [3.05, 3.63) is 82.0 Å². The van der Waals surface area contributed by atoms with Crippen LogP contribution in [0.3, 0.4) is 0 Å². The monoisotopic (exact) mass is 380 g/mol. The smallest absolute Gasteiger partial charge is 0.251 e.